The normalized spacial score (nSPS) is 10.3. The SMILES string of the molecule is CC(C)NC(=O)COC(=O)c1ccc(F)c(Cl)c1. The predicted octanol–water partition coefficient (Wildman–Crippen LogP) is 2.16. The topological polar surface area (TPSA) is 55.4 Å². The van der Waals surface area contributed by atoms with Gasteiger partial charge in [-0.3, -0.25) is 4.79 Å². The lowest BCUT2D eigenvalue weighted by Crippen LogP contribution is -2.33. The summed E-state index contributed by atoms with van der Waals surface area (Å²) in [6.07, 6.45) is 0. The molecule has 1 rings (SSSR count). The van der Waals surface area contributed by atoms with E-state index in [0.29, 0.717) is 0 Å². The highest BCUT2D eigenvalue weighted by molar-refractivity contribution is 6.31. The second-order valence-electron chi connectivity index (χ2n) is 3.93. The fourth-order valence-corrected chi connectivity index (χ4v) is 1.38. The number of hydrogen-bond acceptors (Lipinski definition) is 3. The molecule has 0 saturated carbocycles. The van der Waals surface area contributed by atoms with Gasteiger partial charge >= 0.3 is 5.97 Å². The van der Waals surface area contributed by atoms with Gasteiger partial charge in [0.2, 0.25) is 0 Å². The lowest BCUT2D eigenvalue weighted by atomic mass is 10.2. The first-order chi connectivity index (χ1) is 8.40. The molecule has 0 unspecified atom stereocenters. The zero-order chi connectivity index (χ0) is 13.7. The molecule has 98 valence electrons. The molecule has 1 aromatic rings. The Morgan fingerprint density at radius 2 is 2.11 bits per heavy atom. The molecule has 1 amide bonds. The predicted molar refractivity (Wildman–Crippen MR) is 65.0 cm³/mol. The Morgan fingerprint density at radius 3 is 2.67 bits per heavy atom. The van der Waals surface area contributed by atoms with Crippen LogP contribution in [0.15, 0.2) is 18.2 Å². The number of ether oxygens (including phenoxy) is 1. The van der Waals surface area contributed by atoms with E-state index in [-0.39, 0.29) is 23.2 Å². The van der Waals surface area contributed by atoms with Crippen LogP contribution in [0.3, 0.4) is 0 Å². The second-order valence-corrected chi connectivity index (χ2v) is 4.33. The van der Waals surface area contributed by atoms with E-state index in [1.54, 1.807) is 13.8 Å². The minimum atomic E-state index is -0.726. The molecule has 6 heteroatoms. The van der Waals surface area contributed by atoms with E-state index in [0.717, 1.165) is 12.1 Å². The molecule has 0 spiro atoms. The quantitative estimate of drug-likeness (QED) is 0.856. The molecule has 1 N–H and O–H groups in total. The molecule has 4 nitrogen and oxygen atoms in total. The third-order valence-electron chi connectivity index (χ3n) is 1.94. The average Bonchev–Trinajstić information content (AvgIpc) is 2.28. The summed E-state index contributed by atoms with van der Waals surface area (Å²) in [6, 6.07) is 3.42. The fourth-order valence-electron chi connectivity index (χ4n) is 1.20. The monoisotopic (exact) mass is 273 g/mol. The summed E-state index contributed by atoms with van der Waals surface area (Å²) >= 11 is 5.53. The van der Waals surface area contributed by atoms with Gasteiger partial charge in [-0.05, 0) is 32.0 Å². The zero-order valence-electron chi connectivity index (χ0n) is 10.00. The molecule has 0 fully saturated rings. The van der Waals surface area contributed by atoms with Crippen molar-refractivity contribution in [2.24, 2.45) is 0 Å². The first kappa shape index (κ1) is 14.4. The van der Waals surface area contributed by atoms with Gasteiger partial charge in [0.05, 0.1) is 10.6 Å². The summed E-state index contributed by atoms with van der Waals surface area (Å²) in [7, 11) is 0. The van der Waals surface area contributed by atoms with Crippen molar-refractivity contribution in [2.45, 2.75) is 19.9 Å². The van der Waals surface area contributed by atoms with Gasteiger partial charge in [-0.25, -0.2) is 9.18 Å². The van der Waals surface area contributed by atoms with Gasteiger partial charge in [0.1, 0.15) is 5.82 Å². The molecule has 0 atom stereocenters. The minimum Gasteiger partial charge on any atom is -0.452 e. The van der Waals surface area contributed by atoms with Crippen LogP contribution in [0.4, 0.5) is 4.39 Å². The van der Waals surface area contributed by atoms with Crippen LogP contribution in [0.2, 0.25) is 5.02 Å². The molecule has 0 aliphatic heterocycles. The van der Waals surface area contributed by atoms with Gasteiger partial charge in [0.15, 0.2) is 6.61 Å². The average molecular weight is 274 g/mol. The first-order valence-corrected chi connectivity index (χ1v) is 5.69. The highest BCUT2D eigenvalue weighted by atomic mass is 35.5. The van der Waals surface area contributed by atoms with Crippen molar-refractivity contribution in [3.05, 3.63) is 34.6 Å². The molecule has 0 aromatic heterocycles. The lowest BCUT2D eigenvalue weighted by molar-refractivity contribution is -0.124. The van der Waals surface area contributed by atoms with Crippen LogP contribution in [0.1, 0.15) is 24.2 Å². The van der Waals surface area contributed by atoms with E-state index in [9.17, 15) is 14.0 Å². The summed E-state index contributed by atoms with van der Waals surface area (Å²) in [6.45, 7) is 3.20. The van der Waals surface area contributed by atoms with Crippen LogP contribution in [-0.4, -0.2) is 24.5 Å². The van der Waals surface area contributed by atoms with Crippen LogP contribution < -0.4 is 5.32 Å². The molecule has 0 saturated heterocycles. The Bertz CT molecular complexity index is 463. The number of hydrogen-bond donors (Lipinski definition) is 1. The van der Waals surface area contributed by atoms with Gasteiger partial charge in [0.25, 0.3) is 5.91 Å². The maximum absolute atomic E-state index is 12.9. The van der Waals surface area contributed by atoms with Gasteiger partial charge < -0.3 is 10.1 Å². The smallest absolute Gasteiger partial charge is 0.338 e. The summed E-state index contributed by atoms with van der Waals surface area (Å²) in [4.78, 5) is 22.8. The van der Waals surface area contributed by atoms with Crippen molar-refractivity contribution in [1.29, 1.82) is 0 Å². The highest BCUT2D eigenvalue weighted by Gasteiger charge is 2.12. The van der Waals surface area contributed by atoms with E-state index in [2.05, 4.69) is 5.32 Å². The summed E-state index contributed by atoms with van der Waals surface area (Å²) < 4.78 is 17.6. The number of nitrogens with one attached hydrogen (secondary N) is 1. The van der Waals surface area contributed by atoms with E-state index in [1.165, 1.54) is 6.07 Å². The molecule has 18 heavy (non-hydrogen) atoms. The molecule has 0 bridgehead atoms. The second kappa shape index (κ2) is 6.35. The number of carbonyl (C=O) groups is 2. The Labute approximate surface area is 109 Å². The Balaban J connectivity index is 2.55. The first-order valence-electron chi connectivity index (χ1n) is 5.31. The van der Waals surface area contributed by atoms with E-state index in [4.69, 9.17) is 16.3 Å². The molecule has 0 heterocycles. The van der Waals surface area contributed by atoms with Crippen LogP contribution >= 0.6 is 11.6 Å². The molecule has 0 radical (unpaired) electrons. The van der Waals surface area contributed by atoms with Crippen molar-refractivity contribution in [1.82, 2.24) is 5.32 Å². The largest absolute Gasteiger partial charge is 0.452 e. The molecule has 0 aliphatic carbocycles. The molecule has 1 aromatic carbocycles. The Kier molecular flexibility index (Phi) is 5.09. The Hall–Kier alpha value is -1.62. The van der Waals surface area contributed by atoms with Gasteiger partial charge in [-0.2, -0.15) is 0 Å². The third kappa shape index (κ3) is 4.33. The van der Waals surface area contributed by atoms with Crippen molar-refractivity contribution in [3.8, 4) is 0 Å². The number of esters is 1. The van der Waals surface area contributed by atoms with Gasteiger partial charge in [0, 0.05) is 6.04 Å². The van der Waals surface area contributed by atoms with Crippen LogP contribution in [0.5, 0.6) is 0 Å². The minimum absolute atomic E-state index is 0.0310. The molecular weight excluding hydrogens is 261 g/mol. The Morgan fingerprint density at radius 1 is 1.44 bits per heavy atom. The van der Waals surface area contributed by atoms with Crippen LogP contribution in [0.25, 0.3) is 0 Å². The highest BCUT2D eigenvalue weighted by Crippen LogP contribution is 2.16. The number of amides is 1. The van der Waals surface area contributed by atoms with Crippen LogP contribution in [0, 0.1) is 5.82 Å². The van der Waals surface area contributed by atoms with Crippen molar-refractivity contribution < 1.29 is 18.7 Å². The third-order valence-corrected chi connectivity index (χ3v) is 2.23. The molecular formula is C12H13ClFNO3. The number of rotatable bonds is 4. The van der Waals surface area contributed by atoms with E-state index < -0.39 is 17.7 Å². The van der Waals surface area contributed by atoms with Crippen molar-refractivity contribution in [2.75, 3.05) is 6.61 Å². The summed E-state index contributed by atoms with van der Waals surface area (Å²) in [5, 5.41) is 2.40. The maximum atomic E-state index is 12.9. The van der Waals surface area contributed by atoms with Gasteiger partial charge in [-0.1, -0.05) is 11.6 Å². The number of benzene rings is 1. The van der Waals surface area contributed by atoms with Crippen molar-refractivity contribution >= 4 is 23.5 Å². The summed E-state index contributed by atoms with van der Waals surface area (Å²) in [5.74, 6) is -1.74. The number of halogens is 2. The molecule has 0 aliphatic rings. The standard InChI is InChI=1S/C12H13ClFNO3/c1-7(2)15-11(16)6-18-12(17)8-3-4-10(14)9(13)5-8/h3-5,7H,6H2,1-2H3,(H,15,16). The van der Waals surface area contributed by atoms with Gasteiger partial charge in [-0.15, -0.1) is 0 Å². The lowest BCUT2D eigenvalue weighted by Gasteiger charge is -2.09. The maximum Gasteiger partial charge on any atom is 0.338 e. The number of carbonyl (C=O) groups excluding carboxylic acids is 2. The van der Waals surface area contributed by atoms with E-state index in [1.807, 2.05) is 0 Å². The summed E-state index contributed by atoms with van der Waals surface area (Å²) in [5.41, 5.74) is 0.0961. The van der Waals surface area contributed by atoms with Crippen molar-refractivity contribution in [3.63, 3.8) is 0 Å². The fraction of sp³-hybridized carbons (Fsp3) is 0.333. The zero-order valence-corrected chi connectivity index (χ0v) is 10.8. The van der Waals surface area contributed by atoms with E-state index >= 15 is 0 Å². The van der Waals surface area contributed by atoms with Crippen LogP contribution in [-0.2, 0) is 9.53 Å².